The van der Waals surface area contributed by atoms with Gasteiger partial charge >= 0.3 is 0 Å². The summed E-state index contributed by atoms with van der Waals surface area (Å²) < 4.78 is 21.3. The van der Waals surface area contributed by atoms with Crippen molar-refractivity contribution in [2.45, 2.75) is 30.1 Å². The minimum Gasteiger partial charge on any atom is -0.489 e. The normalized spacial score (nSPS) is 20.1. The second-order valence-corrected chi connectivity index (χ2v) is 12.4. The number of H-pyrrole nitrogens is 1. The summed E-state index contributed by atoms with van der Waals surface area (Å²) in [5.41, 5.74) is 2.11. The van der Waals surface area contributed by atoms with E-state index in [0.29, 0.717) is 0 Å². The van der Waals surface area contributed by atoms with Crippen molar-refractivity contribution >= 4 is 50.0 Å². The highest BCUT2D eigenvalue weighted by molar-refractivity contribution is 9.10. The molecule has 2 bridgehead atoms. The highest BCUT2D eigenvalue weighted by Gasteiger charge is 2.54. The largest absolute Gasteiger partial charge is 0.489 e. The number of aromatic nitrogens is 2. The van der Waals surface area contributed by atoms with Gasteiger partial charge in [0.05, 0.1) is 16.1 Å². The highest BCUT2D eigenvalue weighted by atomic mass is 79.9. The van der Waals surface area contributed by atoms with Crippen LogP contribution in [-0.4, -0.2) is 46.1 Å². The number of piperazine rings is 1. The van der Waals surface area contributed by atoms with Crippen LogP contribution in [0.15, 0.2) is 100 Å². The maximum absolute atomic E-state index is 15.0. The fraction of sp³-hybridized carbons (Fsp3) is 0.212. The van der Waals surface area contributed by atoms with Crippen LogP contribution in [0.2, 0.25) is 10.3 Å². The lowest BCUT2D eigenvalue weighted by Gasteiger charge is -2.49. The first kappa shape index (κ1) is 28.5. The van der Waals surface area contributed by atoms with Crippen molar-refractivity contribution in [1.29, 1.82) is 0 Å². The van der Waals surface area contributed by atoms with Crippen LogP contribution in [0.5, 0.6) is 5.75 Å². The molecule has 0 radical (unpaired) electrons. The van der Waals surface area contributed by atoms with Crippen molar-refractivity contribution in [3.63, 3.8) is 0 Å². The third-order valence-corrected chi connectivity index (χ3v) is 10.1. The second-order valence-electron chi connectivity index (χ2n) is 10.9. The minimum atomic E-state index is -0.775. The van der Waals surface area contributed by atoms with Crippen molar-refractivity contribution in [3.05, 3.63) is 139 Å². The molecule has 0 amide bonds. The molecular weight excluding hydrogens is 654 g/mol. The molecule has 1 aromatic heterocycles. The Morgan fingerprint density at radius 3 is 2.05 bits per heavy atom. The van der Waals surface area contributed by atoms with Crippen LogP contribution in [0.25, 0.3) is 10.9 Å². The SMILES string of the molecule is O=c1[nH]c(Cl)nc2c(F)c(Br)c(Cl)c(OC[C@H]3N[C@H]4C[C@@H]3N(C(c3ccccc3)(c3ccccc3)c3ccccc3)C4)c12. The number of aromatic amines is 1. The smallest absolute Gasteiger partial charge is 0.263 e. The maximum Gasteiger partial charge on any atom is 0.263 e. The number of likely N-dealkylation sites (tertiary alicyclic amines) is 1. The third kappa shape index (κ3) is 4.67. The maximum atomic E-state index is 15.0. The summed E-state index contributed by atoms with van der Waals surface area (Å²) in [5.74, 6) is -0.713. The van der Waals surface area contributed by atoms with Gasteiger partial charge in [-0.2, -0.15) is 0 Å². The Labute approximate surface area is 265 Å². The van der Waals surface area contributed by atoms with Crippen molar-refractivity contribution in [3.8, 4) is 5.75 Å². The van der Waals surface area contributed by atoms with E-state index in [2.05, 4.69) is 109 Å². The first-order chi connectivity index (χ1) is 20.9. The van der Waals surface area contributed by atoms with E-state index in [1.54, 1.807) is 0 Å². The number of halogens is 4. The molecule has 6 nitrogen and oxygen atoms in total. The summed E-state index contributed by atoms with van der Waals surface area (Å²) in [6, 6.07) is 32.0. The summed E-state index contributed by atoms with van der Waals surface area (Å²) >= 11 is 15.7. The van der Waals surface area contributed by atoms with Crippen molar-refractivity contribution < 1.29 is 9.13 Å². The van der Waals surface area contributed by atoms with E-state index in [9.17, 15) is 4.79 Å². The van der Waals surface area contributed by atoms with Gasteiger partial charge in [0.2, 0.25) is 5.28 Å². The molecule has 43 heavy (non-hydrogen) atoms. The van der Waals surface area contributed by atoms with Gasteiger partial charge in [-0.05, 0) is 50.6 Å². The molecule has 2 aliphatic heterocycles. The lowest BCUT2D eigenvalue weighted by atomic mass is 9.74. The lowest BCUT2D eigenvalue weighted by Crippen LogP contribution is -2.60. The third-order valence-electron chi connectivity index (χ3n) is 8.58. The van der Waals surface area contributed by atoms with Crippen LogP contribution in [0.4, 0.5) is 4.39 Å². The quantitative estimate of drug-likeness (QED) is 0.111. The molecule has 0 unspecified atom stereocenters. The Hall–Kier alpha value is -3.27. The van der Waals surface area contributed by atoms with Crippen LogP contribution in [-0.2, 0) is 5.54 Å². The van der Waals surface area contributed by atoms with Crippen LogP contribution < -0.4 is 15.6 Å². The van der Waals surface area contributed by atoms with Gasteiger partial charge in [-0.25, -0.2) is 9.37 Å². The van der Waals surface area contributed by atoms with Crippen molar-refractivity contribution in [2.24, 2.45) is 0 Å². The van der Waals surface area contributed by atoms with E-state index < -0.39 is 16.9 Å². The molecule has 10 heteroatoms. The monoisotopic (exact) mass is 678 g/mol. The highest BCUT2D eigenvalue weighted by Crippen LogP contribution is 2.48. The molecule has 3 atom stereocenters. The average Bonchev–Trinajstić information content (AvgIpc) is 3.64. The second kappa shape index (κ2) is 11.3. The molecule has 2 saturated heterocycles. The van der Waals surface area contributed by atoms with Gasteiger partial charge in [0, 0.05) is 18.6 Å². The average molecular weight is 680 g/mol. The number of benzene rings is 4. The molecule has 2 N–H and O–H groups in total. The van der Waals surface area contributed by atoms with Gasteiger partial charge in [-0.15, -0.1) is 0 Å². The summed E-state index contributed by atoms with van der Waals surface area (Å²) in [4.78, 5) is 21.9. The van der Waals surface area contributed by atoms with Crippen LogP contribution in [0.3, 0.4) is 0 Å². The van der Waals surface area contributed by atoms with Gasteiger partial charge in [-0.3, -0.25) is 14.7 Å². The summed E-state index contributed by atoms with van der Waals surface area (Å²) in [5, 5.41) is 3.38. The molecule has 0 spiro atoms. The number of fused-ring (bicyclic) bond motifs is 3. The Kier molecular flexibility index (Phi) is 7.51. The molecule has 0 saturated carbocycles. The number of hydrogen-bond acceptors (Lipinski definition) is 5. The lowest BCUT2D eigenvalue weighted by molar-refractivity contribution is 0.0787. The number of ether oxygens (including phenoxy) is 1. The van der Waals surface area contributed by atoms with Crippen LogP contribution in [0, 0.1) is 5.82 Å². The Morgan fingerprint density at radius 1 is 0.953 bits per heavy atom. The van der Waals surface area contributed by atoms with Crippen molar-refractivity contribution in [2.75, 3.05) is 13.2 Å². The number of hydrogen-bond donors (Lipinski definition) is 2. The van der Waals surface area contributed by atoms with E-state index in [1.807, 2.05) is 18.2 Å². The van der Waals surface area contributed by atoms with E-state index >= 15 is 4.39 Å². The zero-order chi connectivity index (χ0) is 29.7. The van der Waals surface area contributed by atoms with E-state index in [0.717, 1.165) is 13.0 Å². The predicted octanol–water partition coefficient (Wildman–Crippen LogP) is 6.92. The van der Waals surface area contributed by atoms with E-state index in [-0.39, 0.29) is 56.2 Å². The topological polar surface area (TPSA) is 70.2 Å². The molecular formula is C33H26BrCl2FN4O2. The standard InChI is InChI=1S/C33H26BrCl2FN4O2/c34-26-27(35)30(25-29(28(26)37)39-32(36)40-31(25)42)43-18-23-24-16-22(38-23)17-41(24)33(19-10-4-1-5-11-19,20-12-6-2-7-13-20)21-14-8-3-9-15-21/h1-15,22-24,38H,16-18H2,(H,39,40,42)/t22-,23+,24-/m0/s1. The minimum absolute atomic E-state index is 0.0353. The molecule has 0 aliphatic carbocycles. The summed E-state index contributed by atoms with van der Waals surface area (Å²) in [6.07, 6.45) is 0.918. The molecule has 2 aliphatic rings. The Balaban J connectivity index is 1.31. The molecule has 5 aromatic rings. The van der Waals surface area contributed by atoms with E-state index in [4.69, 9.17) is 27.9 Å². The summed E-state index contributed by atoms with van der Waals surface area (Å²) in [6.45, 7) is 1.02. The van der Waals surface area contributed by atoms with Gasteiger partial charge in [0.25, 0.3) is 5.56 Å². The number of nitrogens with one attached hydrogen (secondary N) is 2. The molecule has 3 heterocycles. The van der Waals surface area contributed by atoms with Gasteiger partial charge < -0.3 is 10.1 Å². The molecule has 7 rings (SSSR count). The Morgan fingerprint density at radius 2 is 1.51 bits per heavy atom. The zero-order valence-electron chi connectivity index (χ0n) is 22.7. The van der Waals surface area contributed by atoms with Gasteiger partial charge in [0.15, 0.2) is 11.6 Å². The first-order valence-electron chi connectivity index (χ1n) is 14.0. The number of nitrogens with zero attached hydrogens (tertiary/aromatic N) is 2. The molecule has 2 fully saturated rings. The van der Waals surface area contributed by atoms with Crippen LogP contribution in [0.1, 0.15) is 23.1 Å². The number of rotatable bonds is 7. The van der Waals surface area contributed by atoms with Crippen LogP contribution >= 0.6 is 39.1 Å². The summed E-state index contributed by atoms with van der Waals surface area (Å²) in [7, 11) is 0. The molecule has 218 valence electrons. The molecule has 4 aromatic carbocycles. The fourth-order valence-corrected chi connectivity index (χ4v) is 7.67. The Bertz CT molecular complexity index is 1760. The fourth-order valence-electron chi connectivity index (χ4n) is 6.90. The predicted molar refractivity (Wildman–Crippen MR) is 171 cm³/mol. The zero-order valence-corrected chi connectivity index (χ0v) is 25.8. The van der Waals surface area contributed by atoms with E-state index in [1.165, 1.54) is 16.7 Å². The first-order valence-corrected chi connectivity index (χ1v) is 15.5. The van der Waals surface area contributed by atoms with Crippen molar-refractivity contribution in [1.82, 2.24) is 20.2 Å². The van der Waals surface area contributed by atoms with Gasteiger partial charge in [-0.1, -0.05) is 103 Å². The van der Waals surface area contributed by atoms with Gasteiger partial charge in [0.1, 0.15) is 22.5 Å².